The number of pyridine rings is 1. The molecule has 0 aliphatic rings. The molecule has 0 saturated heterocycles. The summed E-state index contributed by atoms with van der Waals surface area (Å²) in [6.45, 7) is 2.41. The molecule has 2 heterocycles. The van der Waals surface area contributed by atoms with Gasteiger partial charge in [-0.15, -0.1) is 0 Å². The molecule has 0 fully saturated rings. The number of benzene rings is 1. The van der Waals surface area contributed by atoms with Crippen molar-refractivity contribution in [3.8, 4) is 5.75 Å². The van der Waals surface area contributed by atoms with E-state index >= 15 is 0 Å². The van der Waals surface area contributed by atoms with Crippen molar-refractivity contribution in [3.63, 3.8) is 0 Å². The average molecular weight is 349 g/mol. The Kier molecular flexibility index (Phi) is 5.38. The molecule has 26 heavy (non-hydrogen) atoms. The maximum Gasteiger partial charge on any atom is 0.254 e. The van der Waals surface area contributed by atoms with Crippen LogP contribution in [0.1, 0.15) is 21.5 Å². The Morgan fingerprint density at radius 3 is 2.54 bits per heavy atom. The van der Waals surface area contributed by atoms with Gasteiger partial charge in [0.1, 0.15) is 5.75 Å². The molecule has 0 radical (unpaired) electrons. The number of nitrogens with one attached hydrogen (secondary N) is 2. The number of aryl methyl sites for hydroxylation is 1. The van der Waals surface area contributed by atoms with Gasteiger partial charge < -0.3 is 15.4 Å². The highest BCUT2D eigenvalue weighted by Crippen LogP contribution is 2.27. The average Bonchev–Trinajstić information content (AvgIpc) is 2.68. The Morgan fingerprint density at radius 2 is 1.85 bits per heavy atom. The molecule has 1 amide bonds. The normalized spacial score (nSPS) is 10.2. The summed E-state index contributed by atoms with van der Waals surface area (Å²) in [7, 11) is 1.60. The summed E-state index contributed by atoms with van der Waals surface area (Å²) >= 11 is 0. The van der Waals surface area contributed by atoms with Crippen LogP contribution in [0.3, 0.4) is 0 Å². The summed E-state index contributed by atoms with van der Waals surface area (Å²) in [5, 5.41) is 5.93. The van der Waals surface area contributed by atoms with E-state index in [2.05, 4.69) is 25.6 Å². The third-order valence-corrected chi connectivity index (χ3v) is 3.72. The van der Waals surface area contributed by atoms with Crippen LogP contribution in [0, 0.1) is 6.92 Å². The van der Waals surface area contributed by atoms with Crippen LogP contribution in [-0.2, 0) is 6.54 Å². The van der Waals surface area contributed by atoms with Crippen molar-refractivity contribution in [3.05, 3.63) is 71.8 Å². The van der Waals surface area contributed by atoms with E-state index in [-0.39, 0.29) is 5.91 Å². The van der Waals surface area contributed by atoms with Crippen molar-refractivity contribution >= 4 is 17.5 Å². The van der Waals surface area contributed by atoms with Crippen molar-refractivity contribution in [2.24, 2.45) is 0 Å². The summed E-state index contributed by atoms with van der Waals surface area (Å²) in [6.07, 6.45) is 6.34. The monoisotopic (exact) mass is 349 g/mol. The summed E-state index contributed by atoms with van der Waals surface area (Å²) in [4.78, 5) is 24.5. The van der Waals surface area contributed by atoms with Crippen molar-refractivity contribution in [2.75, 3.05) is 12.4 Å². The van der Waals surface area contributed by atoms with Crippen LogP contribution >= 0.6 is 0 Å². The quantitative estimate of drug-likeness (QED) is 0.711. The zero-order chi connectivity index (χ0) is 18.4. The van der Waals surface area contributed by atoms with Crippen LogP contribution in [0.2, 0.25) is 0 Å². The largest absolute Gasteiger partial charge is 0.495 e. The first kappa shape index (κ1) is 17.3. The zero-order valence-corrected chi connectivity index (χ0v) is 14.6. The molecule has 7 heteroatoms. The molecule has 0 aliphatic heterocycles. The minimum atomic E-state index is -0.235. The molecular formula is C19H19N5O2. The number of amides is 1. The molecule has 0 spiro atoms. The zero-order valence-electron chi connectivity index (χ0n) is 14.6. The van der Waals surface area contributed by atoms with Crippen LogP contribution in [0.4, 0.5) is 11.6 Å². The van der Waals surface area contributed by atoms with E-state index in [1.165, 1.54) is 12.4 Å². The molecule has 132 valence electrons. The maximum atomic E-state index is 12.2. The molecule has 1 aromatic carbocycles. The van der Waals surface area contributed by atoms with Gasteiger partial charge in [0.15, 0.2) is 0 Å². The van der Waals surface area contributed by atoms with E-state index in [1.54, 1.807) is 19.5 Å². The van der Waals surface area contributed by atoms with Gasteiger partial charge in [0, 0.05) is 31.3 Å². The van der Waals surface area contributed by atoms with Crippen molar-refractivity contribution in [1.29, 1.82) is 0 Å². The fourth-order valence-electron chi connectivity index (χ4n) is 2.33. The minimum Gasteiger partial charge on any atom is -0.495 e. The number of nitrogens with zero attached hydrogens (tertiary/aromatic N) is 3. The standard InChI is InChI=1S/C19H19N5O2/c1-13-3-4-17(26-2)16(9-13)24-19-22-11-15(12-23-19)18(25)21-10-14-5-7-20-8-6-14/h3-9,11-12H,10H2,1-2H3,(H,21,25)(H,22,23,24). The molecule has 0 unspecified atom stereocenters. The number of anilines is 2. The molecule has 7 nitrogen and oxygen atoms in total. The lowest BCUT2D eigenvalue weighted by Crippen LogP contribution is -2.23. The van der Waals surface area contributed by atoms with E-state index in [4.69, 9.17) is 4.74 Å². The van der Waals surface area contributed by atoms with Crippen LogP contribution in [-0.4, -0.2) is 28.0 Å². The van der Waals surface area contributed by atoms with E-state index in [9.17, 15) is 4.79 Å². The van der Waals surface area contributed by atoms with Crippen LogP contribution in [0.5, 0.6) is 5.75 Å². The van der Waals surface area contributed by atoms with E-state index in [1.807, 2.05) is 37.3 Å². The van der Waals surface area contributed by atoms with Gasteiger partial charge in [0.2, 0.25) is 5.95 Å². The van der Waals surface area contributed by atoms with E-state index in [0.717, 1.165) is 16.8 Å². The summed E-state index contributed by atoms with van der Waals surface area (Å²) in [5.74, 6) is 0.847. The molecule has 0 saturated carbocycles. The Labute approximate surface area is 151 Å². The van der Waals surface area contributed by atoms with E-state index < -0.39 is 0 Å². The minimum absolute atomic E-state index is 0.235. The first-order valence-corrected chi connectivity index (χ1v) is 8.06. The Morgan fingerprint density at radius 1 is 1.12 bits per heavy atom. The second-order valence-electron chi connectivity index (χ2n) is 5.66. The predicted octanol–water partition coefficient (Wildman–Crippen LogP) is 2.86. The lowest BCUT2D eigenvalue weighted by atomic mass is 10.2. The fraction of sp³-hybridized carbons (Fsp3) is 0.158. The third kappa shape index (κ3) is 4.32. The number of methoxy groups -OCH3 is 1. The van der Waals surface area contributed by atoms with Crippen LogP contribution < -0.4 is 15.4 Å². The SMILES string of the molecule is COc1ccc(C)cc1Nc1ncc(C(=O)NCc2ccncc2)cn1. The topological polar surface area (TPSA) is 89.0 Å². The van der Waals surface area contributed by atoms with Crippen LogP contribution in [0.25, 0.3) is 0 Å². The first-order chi connectivity index (χ1) is 12.7. The van der Waals surface area contributed by atoms with E-state index in [0.29, 0.717) is 23.8 Å². The Bertz CT molecular complexity index is 882. The molecule has 3 rings (SSSR count). The van der Waals surface area contributed by atoms with Gasteiger partial charge in [-0.1, -0.05) is 6.07 Å². The van der Waals surface area contributed by atoms with Crippen molar-refractivity contribution < 1.29 is 9.53 Å². The third-order valence-electron chi connectivity index (χ3n) is 3.72. The van der Waals surface area contributed by atoms with Gasteiger partial charge in [-0.25, -0.2) is 9.97 Å². The van der Waals surface area contributed by atoms with Gasteiger partial charge in [0.05, 0.1) is 18.4 Å². The van der Waals surface area contributed by atoms with Crippen LogP contribution in [0.15, 0.2) is 55.1 Å². The fourth-order valence-corrected chi connectivity index (χ4v) is 2.33. The van der Waals surface area contributed by atoms with Gasteiger partial charge >= 0.3 is 0 Å². The number of carbonyl (C=O) groups excluding carboxylic acids is 1. The summed E-state index contributed by atoms with van der Waals surface area (Å²) in [6, 6.07) is 9.47. The van der Waals surface area contributed by atoms with Gasteiger partial charge in [-0.05, 0) is 42.3 Å². The van der Waals surface area contributed by atoms with Gasteiger partial charge in [-0.2, -0.15) is 0 Å². The highest BCUT2D eigenvalue weighted by atomic mass is 16.5. The number of hydrogen-bond acceptors (Lipinski definition) is 6. The predicted molar refractivity (Wildman–Crippen MR) is 98.5 cm³/mol. The summed E-state index contributed by atoms with van der Waals surface area (Å²) in [5.41, 5.74) is 3.21. The molecule has 2 aromatic heterocycles. The highest BCUT2D eigenvalue weighted by Gasteiger charge is 2.09. The molecular weight excluding hydrogens is 330 g/mol. The number of hydrogen-bond donors (Lipinski definition) is 2. The number of carbonyl (C=O) groups is 1. The Hall–Kier alpha value is -3.48. The number of aromatic nitrogens is 3. The number of ether oxygens (including phenoxy) is 1. The van der Waals surface area contributed by atoms with Crippen molar-refractivity contribution in [1.82, 2.24) is 20.3 Å². The smallest absolute Gasteiger partial charge is 0.254 e. The van der Waals surface area contributed by atoms with Gasteiger partial charge in [-0.3, -0.25) is 9.78 Å². The second-order valence-corrected chi connectivity index (χ2v) is 5.66. The number of rotatable bonds is 6. The molecule has 0 atom stereocenters. The lowest BCUT2D eigenvalue weighted by Gasteiger charge is -2.11. The van der Waals surface area contributed by atoms with Gasteiger partial charge in [0.25, 0.3) is 5.91 Å². The second kappa shape index (κ2) is 8.06. The highest BCUT2D eigenvalue weighted by molar-refractivity contribution is 5.93. The van der Waals surface area contributed by atoms with Crippen molar-refractivity contribution in [2.45, 2.75) is 13.5 Å². The lowest BCUT2D eigenvalue weighted by molar-refractivity contribution is 0.0950. The molecule has 2 N–H and O–H groups in total. The summed E-state index contributed by atoms with van der Waals surface area (Å²) < 4.78 is 5.32. The molecule has 3 aromatic rings. The first-order valence-electron chi connectivity index (χ1n) is 8.06. The molecule has 0 aliphatic carbocycles. The Balaban J connectivity index is 1.65. The maximum absolute atomic E-state index is 12.2. The molecule has 0 bridgehead atoms.